The van der Waals surface area contributed by atoms with E-state index >= 15 is 0 Å². The molecule has 0 aliphatic rings. The number of hydrogen-bond donors (Lipinski definition) is 1. The summed E-state index contributed by atoms with van der Waals surface area (Å²) in [7, 11) is 0. The largest absolute Gasteiger partial charge is 0.313 e. The van der Waals surface area contributed by atoms with Gasteiger partial charge in [0.25, 0.3) is 0 Å². The first kappa shape index (κ1) is 16.1. The lowest BCUT2D eigenvalue weighted by Gasteiger charge is -2.18. The van der Waals surface area contributed by atoms with Crippen molar-refractivity contribution in [3.63, 3.8) is 0 Å². The highest BCUT2D eigenvalue weighted by molar-refractivity contribution is 9.10. The molecule has 112 valence electrons. The van der Waals surface area contributed by atoms with Gasteiger partial charge in [0, 0.05) is 28.8 Å². The Labute approximate surface area is 133 Å². The number of pyridine rings is 1. The van der Waals surface area contributed by atoms with Gasteiger partial charge >= 0.3 is 0 Å². The van der Waals surface area contributed by atoms with Crippen LogP contribution in [-0.4, -0.2) is 17.6 Å². The third kappa shape index (κ3) is 5.56. The summed E-state index contributed by atoms with van der Waals surface area (Å²) in [6.45, 7) is 3.10. The number of aromatic nitrogens is 1. The molecule has 1 unspecified atom stereocenters. The van der Waals surface area contributed by atoms with Gasteiger partial charge in [-0.1, -0.05) is 19.1 Å². The molecule has 2 nitrogen and oxygen atoms in total. The molecule has 0 bridgehead atoms. The summed E-state index contributed by atoms with van der Waals surface area (Å²) in [5.74, 6) is -0.177. The maximum Gasteiger partial charge on any atom is 0.123 e. The molecule has 0 radical (unpaired) electrons. The molecule has 0 fully saturated rings. The van der Waals surface area contributed by atoms with Crippen LogP contribution in [0.25, 0.3) is 0 Å². The highest BCUT2D eigenvalue weighted by Crippen LogP contribution is 2.12. The molecular weight excluding hydrogens is 331 g/mol. The van der Waals surface area contributed by atoms with Crippen LogP contribution in [0.1, 0.15) is 24.6 Å². The molecule has 4 heteroatoms. The fourth-order valence-electron chi connectivity index (χ4n) is 2.29. The molecule has 1 N–H and O–H groups in total. The molecule has 0 aliphatic heterocycles. The summed E-state index contributed by atoms with van der Waals surface area (Å²) in [5.41, 5.74) is 2.06. The van der Waals surface area contributed by atoms with Gasteiger partial charge in [0.2, 0.25) is 0 Å². The monoisotopic (exact) mass is 350 g/mol. The number of halogens is 2. The van der Waals surface area contributed by atoms with Crippen molar-refractivity contribution in [1.82, 2.24) is 10.3 Å². The van der Waals surface area contributed by atoms with E-state index in [1.807, 2.05) is 24.4 Å². The molecule has 0 aliphatic carbocycles. The Balaban J connectivity index is 2.04. The number of benzene rings is 1. The zero-order chi connectivity index (χ0) is 15.1. The van der Waals surface area contributed by atoms with Gasteiger partial charge in [0.1, 0.15) is 5.82 Å². The van der Waals surface area contributed by atoms with Crippen molar-refractivity contribution in [1.29, 1.82) is 0 Å². The average molecular weight is 351 g/mol. The lowest BCUT2D eigenvalue weighted by molar-refractivity contribution is 0.499. The zero-order valence-electron chi connectivity index (χ0n) is 12.2. The van der Waals surface area contributed by atoms with Crippen molar-refractivity contribution < 1.29 is 4.39 Å². The third-order valence-electron chi connectivity index (χ3n) is 3.30. The van der Waals surface area contributed by atoms with Crippen molar-refractivity contribution >= 4 is 15.9 Å². The maximum absolute atomic E-state index is 13.3. The molecule has 0 spiro atoms. The topological polar surface area (TPSA) is 24.9 Å². The lowest BCUT2D eigenvalue weighted by atomic mass is 10.0. The van der Waals surface area contributed by atoms with E-state index in [1.165, 1.54) is 6.07 Å². The first-order chi connectivity index (χ1) is 10.2. The van der Waals surface area contributed by atoms with Gasteiger partial charge in [-0.15, -0.1) is 0 Å². The Morgan fingerprint density at radius 1 is 1.24 bits per heavy atom. The minimum absolute atomic E-state index is 0.177. The van der Waals surface area contributed by atoms with Crippen molar-refractivity contribution in [3.05, 3.63) is 64.1 Å². The Morgan fingerprint density at radius 2 is 2.10 bits per heavy atom. The van der Waals surface area contributed by atoms with Crippen molar-refractivity contribution in [2.75, 3.05) is 6.54 Å². The Kier molecular flexibility index (Phi) is 6.33. The predicted octanol–water partition coefficient (Wildman–Crippen LogP) is 4.14. The van der Waals surface area contributed by atoms with Crippen LogP contribution in [0.2, 0.25) is 0 Å². The van der Waals surface area contributed by atoms with Gasteiger partial charge in [-0.25, -0.2) is 4.39 Å². The summed E-state index contributed by atoms with van der Waals surface area (Å²) in [5, 5.41) is 3.53. The van der Waals surface area contributed by atoms with E-state index in [0.717, 1.165) is 41.5 Å². The number of nitrogens with zero attached hydrogens (tertiary/aromatic N) is 1. The second-order valence-electron chi connectivity index (χ2n) is 5.16. The van der Waals surface area contributed by atoms with E-state index in [2.05, 4.69) is 33.2 Å². The van der Waals surface area contributed by atoms with Gasteiger partial charge in [-0.3, -0.25) is 4.98 Å². The Hall–Kier alpha value is -1.26. The minimum atomic E-state index is -0.177. The summed E-state index contributed by atoms with van der Waals surface area (Å²) in [6, 6.07) is 11.1. The van der Waals surface area contributed by atoms with Crippen LogP contribution in [-0.2, 0) is 12.8 Å². The number of nitrogens with one attached hydrogen (secondary N) is 1. The van der Waals surface area contributed by atoms with Crippen LogP contribution in [0.5, 0.6) is 0 Å². The Morgan fingerprint density at radius 3 is 2.76 bits per heavy atom. The zero-order valence-corrected chi connectivity index (χ0v) is 13.7. The molecule has 1 atom stereocenters. The summed E-state index contributed by atoms with van der Waals surface area (Å²) in [6.07, 6.45) is 4.53. The summed E-state index contributed by atoms with van der Waals surface area (Å²) < 4.78 is 14.3. The molecule has 1 aromatic carbocycles. The lowest BCUT2D eigenvalue weighted by Crippen LogP contribution is -2.34. The highest BCUT2D eigenvalue weighted by atomic mass is 79.9. The fourth-order valence-corrected chi connectivity index (χ4v) is 2.53. The van der Waals surface area contributed by atoms with Gasteiger partial charge in [0.05, 0.1) is 0 Å². The summed E-state index contributed by atoms with van der Waals surface area (Å²) in [4.78, 5) is 4.42. The second kappa shape index (κ2) is 8.25. The fraction of sp³-hybridized carbons (Fsp3) is 0.353. The SMILES string of the molecule is CCCNC(Cc1cccc(F)c1)Cc1ccc(Br)cn1. The molecule has 0 saturated carbocycles. The van der Waals surface area contributed by atoms with E-state index in [0.29, 0.717) is 0 Å². The van der Waals surface area contributed by atoms with E-state index in [-0.39, 0.29) is 11.9 Å². The smallest absolute Gasteiger partial charge is 0.123 e. The Bertz CT molecular complexity index is 557. The first-order valence-electron chi connectivity index (χ1n) is 7.25. The maximum atomic E-state index is 13.3. The minimum Gasteiger partial charge on any atom is -0.313 e. The predicted molar refractivity (Wildman–Crippen MR) is 87.8 cm³/mol. The molecule has 21 heavy (non-hydrogen) atoms. The van der Waals surface area contributed by atoms with E-state index in [9.17, 15) is 4.39 Å². The van der Waals surface area contributed by atoms with Gasteiger partial charge in [-0.05, 0) is 65.1 Å². The molecule has 2 aromatic rings. The van der Waals surface area contributed by atoms with E-state index in [1.54, 1.807) is 12.1 Å². The van der Waals surface area contributed by atoms with Crippen LogP contribution in [0, 0.1) is 5.82 Å². The average Bonchev–Trinajstić information content (AvgIpc) is 2.47. The van der Waals surface area contributed by atoms with Crippen LogP contribution in [0.15, 0.2) is 47.1 Å². The summed E-state index contributed by atoms with van der Waals surface area (Å²) >= 11 is 3.40. The normalized spacial score (nSPS) is 12.3. The standard InChI is InChI=1S/C17H20BrFN2/c1-2-8-20-17(10-13-4-3-5-15(19)9-13)11-16-7-6-14(18)12-21-16/h3-7,9,12,17,20H,2,8,10-11H2,1H3. The van der Waals surface area contributed by atoms with Crippen molar-refractivity contribution in [3.8, 4) is 0 Å². The third-order valence-corrected chi connectivity index (χ3v) is 3.77. The van der Waals surface area contributed by atoms with Crippen LogP contribution >= 0.6 is 15.9 Å². The molecule has 0 amide bonds. The van der Waals surface area contributed by atoms with E-state index < -0.39 is 0 Å². The highest BCUT2D eigenvalue weighted by Gasteiger charge is 2.11. The number of hydrogen-bond acceptors (Lipinski definition) is 2. The van der Waals surface area contributed by atoms with E-state index in [4.69, 9.17) is 0 Å². The number of rotatable bonds is 7. The van der Waals surface area contributed by atoms with Crippen LogP contribution < -0.4 is 5.32 Å². The molecule has 1 heterocycles. The molecular formula is C17H20BrFN2. The van der Waals surface area contributed by atoms with Crippen LogP contribution in [0.4, 0.5) is 4.39 Å². The molecule has 1 aromatic heterocycles. The molecule has 0 saturated heterocycles. The molecule has 2 rings (SSSR count). The second-order valence-corrected chi connectivity index (χ2v) is 6.07. The van der Waals surface area contributed by atoms with Crippen molar-refractivity contribution in [2.45, 2.75) is 32.2 Å². The quantitative estimate of drug-likeness (QED) is 0.811. The van der Waals surface area contributed by atoms with Gasteiger partial charge in [-0.2, -0.15) is 0 Å². The van der Waals surface area contributed by atoms with Crippen molar-refractivity contribution in [2.24, 2.45) is 0 Å². The van der Waals surface area contributed by atoms with Gasteiger partial charge in [0.15, 0.2) is 0 Å². The van der Waals surface area contributed by atoms with Gasteiger partial charge < -0.3 is 5.32 Å². The van der Waals surface area contributed by atoms with Crippen LogP contribution in [0.3, 0.4) is 0 Å². The first-order valence-corrected chi connectivity index (χ1v) is 8.05.